The smallest absolute Gasteiger partial charge is 0.403 e. The molecule has 0 heterocycles. The Labute approximate surface area is 92.8 Å². The van der Waals surface area contributed by atoms with E-state index in [1.165, 1.54) is 0 Å². The Morgan fingerprint density at radius 2 is 1.94 bits per heavy atom. The molecule has 96 valence electrons. The van der Waals surface area contributed by atoms with E-state index in [0.29, 0.717) is 20.0 Å². The number of esters is 1. The number of hydrogen-bond acceptors (Lipinski definition) is 5. The average molecular weight is 260 g/mol. The number of alkyl halides is 2. The fourth-order valence-electron chi connectivity index (χ4n) is 0.752. The minimum absolute atomic E-state index is 0.0143. The molecule has 0 unspecified atom stereocenters. The van der Waals surface area contributed by atoms with Crippen LogP contribution in [-0.4, -0.2) is 33.4 Å². The van der Waals surface area contributed by atoms with Crippen molar-refractivity contribution in [2.45, 2.75) is 31.4 Å². The van der Waals surface area contributed by atoms with Crippen molar-refractivity contribution in [1.29, 1.82) is 0 Å². The Kier molecular flexibility index (Phi) is 5.80. The molecule has 8 heteroatoms. The molecule has 0 aliphatic heterocycles. The first kappa shape index (κ1) is 15.2. The van der Waals surface area contributed by atoms with E-state index in [1.807, 2.05) is 6.92 Å². The van der Waals surface area contributed by atoms with Crippen molar-refractivity contribution in [3.05, 3.63) is 0 Å². The molecule has 0 aromatic heterocycles. The number of unbranched alkanes of at least 4 members (excludes halogenated alkanes) is 1. The van der Waals surface area contributed by atoms with Gasteiger partial charge in [-0.3, -0.25) is 8.98 Å². The first-order chi connectivity index (χ1) is 7.27. The monoisotopic (exact) mass is 260 g/mol. The molecule has 0 rings (SSSR count). The molecule has 0 fully saturated rings. The van der Waals surface area contributed by atoms with Crippen LogP contribution in [0.15, 0.2) is 0 Å². The van der Waals surface area contributed by atoms with Crippen molar-refractivity contribution < 1.29 is 30.9 Å². The van der Waals surface area contributed by atoms with Crippen molar-refractivity contribution >= 4 is 16.1 Å². The van der Waals surface area contributed by atoms with Gasteiger partial charge < -0.3 is 4.74 Å². The Balaban J connectivity index is 4.25. The predicted molar refractivity (Wildman–Crippen MR) is 51.4 cm³/mol. The average Bonchev–Trinajstić information content (AvgIpc) is 2.23. The van der Waals surface area contributed by atoms with Crippen LogP contribution in [0.2, 0.25) is 0 Å². The van der Waals surface area contributed by atoms with E-state index in [0.717, 1.165) is 0 Å². The van der Waals surface area contributed by atoms with Crippen LogP contribution in [-0.2, 0) is 23.8 Å². The molecule has 0 spiro atoms. The lowest BCUT2D eigenvalue weighted by Gasteiger charge is -2.14. The first-order valence-corrected chi connectivity index (χ1v) is 6.01. The molecule has 0 aromatic carbocycles. The highest BCUT2D eigenvalue weighted by Gasteiger charge is 2.47. The zero-order chi connectivity index (χ0) is 12.8. The normalized spacial score (nSPS) is 12.5. The summed E-state index contributed by atoms with van der Waals surface area (Å²) in [5.41, 5.74) is 0. The van der Waals surface area contributed by atoms with Crippen LogP contribution in [0, 0.1) is 0 Å². The second kappa shape index (κ2) is 6.09. The minimum Gasteiger partial charge on any atom is -0.458 e. The zero-order valence-electron chi connectivity index (χ0n) is 9.03. The molecule has 0 radical (unpaired) electrons. The molecule has 0 aliphatic rings. The quantitative estimate of drug-likeness (QED) is 0.509. The van der Waals surface area contributed by atoms with Crippen LogP contribution in [0.1, 0.15) is 26.2 Å². The summed E-state index contributed by atoms with van der Waals surface area (Å²) in [4.78, 5) is 10.9. The van der Waals surface area contributed by atoms with Crippen molar-refractivity contribution in [2.24, 2.45) is 0 Å². The number of rotatable bonds is 7. The Morgan fingerprint density at radius 3 is 2.38 bits per heavy atom. The van der Waals surface area contributed by atoms with Crippen molar-refractivity contribution in [1.82, 2.24) is 0 Å². The van der Waals surface area contributed by atoms with Gasteiger partial charge in [-0.05, 0) is 6.42 Å². The molecule has 16 heavy (non-hydrogen) atoms. The largest absolute Gasteiger partial charge is 0.458 e. The van der Waals surface area contributed by atoms with Gasteiger partial charge in [-0.2, -0.15) is 17.2 Å². The number of hydrogen-bond donors (Lipinski definition) is 0. The molecule has 0 N–H and O–H groups in total. The van der Waals surface area contributed by atoms with Crippen LogP contribution in [0.3, 0.4) is 0 Å². The van der Waals surface area contributed by atoms with Crippen LogP contribution in [0.5, 0.6) is 0 Å². The summed E-state index contributed by atoms with van der Waals surface area (Å²) < 4.78 is 55.0. The van der Waals surface area contributed by atoms with Gasteiger partial charge in [0.2, 0.25) is 0 Å². The van der Waals surface area contributed by atoms with Crippen LogP contribution in [0.25, 0.3) is 0 Å². The molecule has 0 saturated carbocycles. The minimum atomic E-state index is -5.02. The van der Waals surface area contributed by atoms with E-state index < -0.39 is 27.9 Å². The van der Waals surface area contributed by atoms with Crippen LogP contribution < -0.4 is 0 Å². The van der Waals surface area contributed by atoms with Crippen LogP contribution in [0.4, 0.5) is 8.78 Å². The van der Waals surface area contributed by atoms with Gasteiger partial charge in [0, 0.05) is 6.42 Å². The summed E-state index contributed by atoms with van der Waals surface area (Å²) in [7, 11) is -4.41. The van der Waals surface area contributed by atoms with Gasteiger partial charge in [-0.25, -0.2) is 0 Å². The molecule has 5 nitrogen and oxygen atoms in total. The summed E-state index contributed by atoms with van der Waals surface area (Å²) in [5, 5.41) is -4.22. The number of carbonyl (C=O) groups excluding carboxylic acids is 1. The van der Waals surface area contributed by atoms with Crippen molar-refractivity contribution in [2.75, 3.05) is 13.7 Å². The third kappa shape index (κ3) is 4.40. The summed E-state index contributed by atoms with van der Waals surface area (Å²) in [6.45, 7) is 0.295. The van der Waals surface area contributed by atoms with E-state index in [1.54, 1.807) is 0 Å². The molecule has 0 aliphatic carbocycles. The molecule has 0 bridgehead atoms. The lowest BCUT2D eigenvalue weighted by molar-refractivity contribution is -0.149. The summed E-state index contributed by atoms with van der Waals surface area (Å²) >= 11 is 0. The summed E-state index contributed by atoms with van der Waals surface area (Å²) in [6.07, 6.45) is 1.20. The van der Waals surface area contributed by atoms with E-state index in [9.17, 15) is 22.0 Å². The molecule has 0 aromatic rings. The molecular formula is C8H14F2O5S. The highest BCUT2D eigenvalue weighted by Crippen LogP contribution is 2.23. The molecular weight excluding hydrogens is 246 g/mol. The van der Waals surface area contributed by atoms with E-state index >= 15 is 0 Å². The Morgan fingerprint density at radius 1 is 1.38 bits per heavy atom. The molecule has 0 amide bonds. The van der Waals surface area contributed by atoms with Crippen molar-refractivity contribution in [3.63, 3.8) is 0 Å². The number of halogens is 2. The predicted octanol–water partition coefficient (Wildman–Crippen LogP) is 1.29. The second-order valence-corrected chi connectivity index (χ2v) is 4.86. The highest BCUT2D eigenvalue weighted by atomic mass is 32.2. The number of carbonyl (C=O) groups is 1. The summed E-state index contributed by atoms with van der Waals surface area (Å²) in [5.74, 6) is -0.854. The van der Waals surface area contributed by atoms with Gasteiger partial charge in [-0.1, -0.05) is 13.3 Å². The van der Waals surface area contributed by atoms with Gasteiger partial charge in [0.25, 0.3) is 0 Å². The lowest BCUT2D eigenvalue weighted by Crippen LogP contribution is -2.35. The number of ether oxygens (including phenoxy) is 1. The second-order valence-electron chi connectivity index (χ2n) is 3.02. The fourth-order valence-corrected chi connectivity index (χ4v) is 1.20. The standard InChI is InChI=1S/C8H14F2O5S/c1-3-4-5-7(11)15-6-8(9,10)16(12,13)14-2/h3-6H2,1-2H3. The van der Waals surface area contributed by atoms with Crippen LogP contribution >= 0.6 is 0 Å². The third-order valence-electron chi connectivity index (χ3n) is 1.72. The van der Waals surface area contributed by atoms with Gasteiger partial charge >= 0.3 is 21.3 Å². The lowest BCUT2D eigenvalue weighted by atomic mass is 10.2. The maximum absolute atomic E-state index is 12.9. The van der Waals surface area contributed by atoms with E-state index in [-0.39, 0.29) is 6.42 Å². The van der Waals surface area contributed by atoms with Gasteiger partial charge in [0.05, 0.1) is 7.11 Å². The topological polar surface area (TPSA) is 69.7 Å². The molecule has 0 saturated heterocycles. The van der Waals surface area contributed by atoms with E-state index in [2.05, 4.69) is 8.92 Å². The van der Waals surface area contributed by atoms with Gasteiger partial charge in [0.15, 0.2) is 6.61 Å². The molecule has 0 atom stereocenters. The summed E-state index contributed by atoms with van der Waals surface area (Å²) in [6, 6.07) is 0. The van der Waals surface area contributed by atoms with Gasteiger partial charge in [0.1, 0.15) is 0 Å². The van der Waals surface area contributed by atoms with Crippen molar-refractivity contribution in [3.8, 4) is 0 Å². The first-order valence-electron chi connectivity index (χ1n) is 4.60. The Bertz CT molecular complexity index is 325. The SMILES string of the molecule is CCCCC(=O)OCC(F)(F)S(=O)(=O)OC. The van der Waals surface area contributed by atoms with Gasteiger partial charge in [-0.15, -0.1) is 0 Å². The maximum Gasteiger partial charge on any atom is 0.403 e. The fraction of sp³-hybridized carbons (Fsp3) is 0.875. The van der Waals surface area contributed by atoms with E-state index in [4.69, 9.17) is 0 Å². The zero-order valence-corrected chi connectivity index (χ0v) is 9.85. The third-order valence-corrected chi connectivity index (χ3v) is 3.01. The Hall–Kier alpha value is -0.760. The highest BCUT2D eigenvalue weighted by molar-refractivity contribution is 7.87. The maximum atomic E-state index is 12.9.